The van der Waals surface area contributed by atoms with Gasteiger partial charge < -0.3 is 19.5 Å². The number of rotatable bonds is 7. The molecule has 3 aromatic rings. The minimum Gasteiger partial charge on any atom is -0.451 e. The SMILES string of the molecule is O=C(NCc1cn2cc(CNCC3CCCCC3)ccc2n1)c1cc(=O)c2c(o1)C=CCC2. The average molecular weight is 447 g/mol. The summed E-state index contributed by atoms with van der Waals surface area (Å²) in [5, 5.41) is 6.41. The van der Waals surface area contributed by atoms with E-state index in [-0.39, 0.29) is 17.7 Å². The fraction of sp³-hybridized carbons (Fsp3) is 0.423. The van der Waals surface area contributed by atoms with Crippen LogP contribution in [0.3, 0.4) is 0 Å². The predicted octanol–water partition coefficient (Wildman–Crippen LogP) is 3.85. The lowest BCUT2D eigenvalue weighted by Gasteiger charge is -2.21. The van der Waals surface area contributed by atoms with Crippen LogP contribution >= 0.6 is 0 Å². The number of pyridine rings is 1. The fourth-order valence-electron chi connectivity index (χ4n) is 4.80. The van der Waals surface area contributed by atoms with Crippen LogP contribution < -0.4 is 16.1 Å². The summed E-state index contributed by atoms with van der Waals surface area (Å²) in [5.74, 6) is 0.900. The van der Waals surface area contributed by atoms with Crippen LogP contribution in [-0.2, 0) is 19.5 Å². The number of amides is 1. The number of nitrogens with zero attached hydrogens (tertiary/aromatic N) is 2. The predicted molar refractivity (Wildman–Crippen MR) is 127 cm³/mol. The van der Waals surface area contributed by atoms with E-state index in [1.807, 2.05) is 22.7 Å². The summed E-state index contributed by atoms with van der Waals surface area (Å²) in [6, 6.07) is 5.37. The molecule has 3 heterocycles. The van der Waals surface area contributed by atoms with Crippen LogP contribution in [-0.4, -0.2) is 21.8 Å². The number of hydrogen-bond acceptors (Lipinski definition) is 5. The topological polar surface area (TPSA) is 88.6 Å². The smallest absolute Gasteiger partial charge is 0.287 e. The van der Waals surface area contributed by atoms with Crippen molar-refractivity contribution in [2.45, 2.75) is 58.0 Å². The first kappa shape index (κ1) is 21.6. The van der Waals surface area contributed by atoms with Crippen molar-refractivity contribution < 1.29 is 9.21 Å². The molecule has 0 bridgehead atoms. The van der Waals surface area contributed by atoms with Gasteiger partial charge in [-0.05, 0) is 55.9 Å². The van der Waals surface area contributed by atoms with Crippen LogP contribution in [0.4, 0.5) is 0 Å². The van der Waals surface area contributed by atoms with Crippen molar-refractivity contribution in [1.82, 2.24) is 20.0 Å². The molecule has 0 aromatic carbocycles. The molecule has 2 N–H and O–H groups in total. The fourth-order valence-corrected chi connectivity index (χ4v) is 4.80. The molecule has 0 unspecified atom stereocenters. The van der Waals surface area contributed by atoms with Crippen LogP contribution in [0.5, 0.6) is 0 Å². The zero-order chi connectivity index (χ0) is 22.6. The Kier molecular flexibility index (Phi) is 6.39. The van der Waals surface area contributed by atoms with Gasteiger partial charge in [-0.25, -0.2) is 4.98 Å². The average Bonchev–Trinajstić information content (AvgIpc) is 3.25. The molecule has 0 aliphatic heterocycles. The molecule has 1 fully saturated rings. The van der Waals surface area contributed by atoms with Crippen molar-refractivity contribution in [3.8, 4) is 0 Å². The van der Waals surface area contributed by atoms with Gasteiger partial charge in [0.1, 0.15) is 11.4 Å². The molecule has 7 nitrogen and oxygen atoms in total. The second-order valence-electron chi connectivity index (χ2n) is 9.11. The molecule has 33 heavy (non-hydrogen) atoms. The summed E-state index contributed by atoms with van der Waals surface area (Å²) in [6.07, 6.45) is 16.0. The van der Waals surface area contributed by atoms with Gasteiger partial charge in [0.25, 0.3) is 5.91 Å². The Bertz CT molecular complexity index is 1230. The monoisotopic (exact) mass is 446 g/mol. The van der Waals surface area contributed by atoms with Crippen LogP contribution in [0.1, 0.15) is 71.7 Å². The molecule has 7 heteroatoms. The van der Waals surface area contributed by atoms with Crippen LogP contribution in [0, 0.1) is 5.92 Å². The standard InChI is InChI=1S/C26H30N4O3/c31-22-12-24(33-23-9-5-4-8-21(22)23)26(32)28-15-20-17-30-16-19(10-11-25(30)29-20)14-27-13-18-6-2-1-3-7-18/h5,9-12,16-18,27H,1-4,6-8,13-15H2,(H,28,32). The highest BCUT2D eigenvalue weighted by molar-refractivity contribution is 5.91. The van der Waals surface area contributed by atoms with E-state index in [2.05, 4.69) is 27.9 Å². The molecule has 3 aromatic heterocycles. The number of fused-ring (bicyclic) bond motifs is 2. The maximum absolute atomic E-state index is 12.6. The van der Waals surface area contributed by atoms with Crippen molar-refractivity contribution in [3.05, 3.63) is 75.2 Å². The van der Waals surface area contributed by atoms with Gasteiger partial charge >= 0.3 is 0 Å². The molecular formula is C26H30N4O3. The van der Waals surface area contributed by atoms with Gasteiger partial charge in [-0.15, -0.1) is 0 Å². The molecule has 2 aliphatic carbocycles. The Labute approximate surface area is 192 Å². The Morgan fingerprint density at radius 1 is 1.15 bits per heavy atom. The van der Waals surface area contributed by atoms with Gasteiger partial charge in [0.15, 0.2) is 11.2 Å². The first-order valence-electron chi connectivity index (χ1n) is 11.9. The van der Waals surface area contributed by atoms with Gasteiger partial charge in [-0.1, -0.05) is 31.4 Å². The number of allylic oxidation sites excluding steroid dienone is 1. The molecule has 1 amide bonds. The summed E-state index contributed by atoms with van der Waals surface area (Å²) in [7, 11) is 0. The summed E-state index contributed by atoms with van der Waals surface area (Å²) in [4.78, 5) is 29.4. The first-order valence-corrected chi connectivity index (χ1v) is 11.9. The molecular weight excluding hydrogens is 416 g/mol. The summed E-state index contributed by atoms with van der Waals surface area (Å²) in [5.41, 5.74) is 3.27. The van der Waals surface area contributed by atoms with Gasteiger partial charge in [0, 0.05) is 30.6 Å². The number of carbonyl (C=O) groups is 1. The first-order chi connectivity index (χ1) is 16.2. The van der Waals surface area contributed by atoms with Gasteiger partial charge in [0.05, 0.1) is 12.2 Å². The number of imidazole rings is 1. The lowest BCUT2D eigenvalue weighted by molar-refractivity contribution is 0.0919. The van der Waals surface area contributed by atoms with E-state index in [1.165, 1.54) is 43.7 Å². The minimum absolute atomic E-state index is 0.0281. The van der Waals surface area contributed by atoms with Crippen molar-refractivity contribution in [1.29, 1.82) is 0 Å². The molecule has 0 radical (unpaired) electrons. The summed E-state index contributed by atoms with van der Waals surface area (Å²) in [6.45, 7) is 2.17. The summed E-state index contributed by atoms with van der Waals surface area (Å²) < 4.78 is 7.64. The summed E-state index contributed by atoms with van der Waals surface area (Å²) >= 11 is 0. The third-order valence-electron chi connectivity index (χ3n) is 6.61. The maximum Gasteiger partial charge on any atom is 0.287 e. The molecule has 1 saturated carbocycles. The number of carbonyl (C=O) groups excluding carboxylic acids is 1. The molecule has 5 rings (SSSR count). The van der Waals surface area contributed by atoms with E-state index in [1.54, 1.807) is 6.08 Å². The largest absolute Gasteiger partial charge is 0.451 e. The molecule has 172 valence electrons. The second-order valence-corrected chi connectivity index (χ2v) is 9.11. The third-order valence-corrected chi connectivity index (χ3v) is 6.61. The Hall–Kier alpha value is -3.19. The van der Waals surface area contributed by atoms with E-state index >= 15 is 0 Å². The molecule has 0 spiro atoms. The Morgan fingerprint density at radius 2 is 2.03 bits per heavy atom. The Balaban J connectivity index is 1.19. The van der Waals surface area contributed by atoms with E-state index in [9.17, 15) is 9.59 Å². The number of nitrogens with one attached hydrogen (secondary N) is 2. The van der Waals surface area contributed by atoms with Crippen LogP contribution in [0.15, 0.2) is 45.9 Å². The quantitative estimate of drug-likeness (QED) is 0.576. The van der Waals surface area contributed by atoms with E-state index in [4.69, 9.17) is 4.42 Å². The zero-order valence-corrected chi connectivity index (χ0v) is 18.8. The lowest BCUT2D eigenvalue weighted by atomic mass is 9.89. The van der Waals surface area contributed by atoms with Gasteiger partial charge in [-0.2, -0.15) is 0 Å². The lowest BCUT2D eigenvalue weighted by Crippen LogP contribution is -2.25. The van der Waals surface area contributed by atoms with E-state index in [0.717, 1.165) is 36.8 Å². The number of hydrogen-bond donors (Lipinski definition) is 2. The highest BCUT2D eigenvalue weighted by Gasteiger charge is 2.17. The van der Waals surface area contributed by atoms with Crippen molar-refractivity contribution in [2.75, 3.05) is 6.54 Å². The van der Waals surface area contributed by atoms with Crippen LogP contribution in [0.25, 0.3) is 11.7 Å². The molecule has 2 aliphatic rings. The van der Waals surface area contributed by atoms with E-state index in [0.29, 0.717) is 17.7 Å². The van der Waals surface area contributed by atoms with Gasteiger partial charge in [-0.3, -0.25) is 9.59 Å². The molecule has 0 saturated heterocycles. The minimum atomic E-state index is -0.418. The number of aromatic nitrogens is 2. The second kappa shape index (κ2) is 9.75. The highest BCUT2D eigenvalue weighted by atomic mass is 16.3. The maximum atomic E-state index is 12.6. The third kappa shape index (κ3) is 5.09. The van der Waals surface area contributed by atoms with Crippen molar-refractivity contribution in [3.63, 3.8) is 0 Å². The highest BCUT2D eigenvalue weighted by Crippen LogP contribution is 2.23. The van der Waals surface area contributed by atoms with Crippen molar-refractivity contribution >= 4 is 17.6 Å². The van der Waals surface area contributed by atoms with Crippen molar-refractivity contribution in [2.24, 2.45) is 5.92 Å². The van der Waals surface area contributed by atoms with E-state index < -0.39 is 5.91 Å². The Morgan fingerprint density at radius 3 is 2.91 bits per heavy atom. The molecule has 0 atom stereocenters. The normalized spacial score (nSPS) is 16.1. The zero-order valence-electron chi connectivity index (χ0n) is 18.8. The van der Waals surface area contributed by atoms with Gasteiger partial charge in [0.2, 0.25) is 0 Å². The van der Waals surface area contributed by atoms with Crippen LogP contribution in [0.2, 0.25) is 0 Å².